The van der Waals surface area contributed by atoms with Crippen molar-refractivity contribution in [3.63, 3.8) is 0 Å². The van der Waals surface area contributed by atoms with Gasteiger partial charge in [0.05, 0.1) is 5.75 Å². The Morgan fingerprint density at radius 1 is 1.10 bits per heavy atom. The molecule has 0 atom stereocenters. The van der Waals surface area contributed by atoms with Crippen molar-refractivity contribution in [2.75, 3.05) is 18.8 Å². The van der Waals surface area contributed by atoms with Gasteiger partial charge in [-0.2, -0.15) is 0 Å². The van der Waals surface area contributed by atoms with Gasteiger partial charge in [0.2, 0.25) is 0 Å². The Morgan fingerprint density at radius 2 is 1.76 bits per heavy atom. The number of Topliss-reactive ketones (excluding diaryl/α,β-unsaturated/α-hetero) is 1. The van der Waals surface area contributed by atoms with Crippen LogP contribution in [0.2, 0.25) is 0 Å². The van der Waals surface area contributed by atoms with Crippen LogP contribution in [0.5, 0.6) is 0 Å². The zero-order chi connectivity index (χ0) is 15.2. The highest BCUT2D eigenvalue weighted by molar-refractivity contribution is 8.23. The number of carbonyl (C=O) groups excluding carboxylic acids is 1. The Kier molecular flexibility index (Phi) is 5.76. The fraction of sp³-hybridized carbons (Fsp3) is 0.294. The second-order valence-corrected chi connectivity index (χ2v) is 6.32. The summed E-state index contributed by atoms with van der Waals surface area (Å²) >= 11 is 6.81. The minimum Gasteiger partial charge on any atom is -0.358 e. The first kappa shape index (κ1) is 16.0. The highest BCUT2D eigenvalue weighted by Crippen LogP contribution is 2.18. The minimum absolute atomic E-state index is 0.125. The number of fused-ring (bicyclic) bond motifs is 1. The van der Waals surface area contributed by atoms with Gasteiger partial charge in [-0.3, -0.25) is 4.79 Å². The van der Waals surface area contributed by atoms with Crippen molar-refractivity contribution >= 4 is 44.9 Å². The van der Waals surface area contributed by atoms with Crippen molar-refractivity contribution in [3.8, 4) is 0 Å². The quantitative estimate of drug-likeness (QED) is 0.602. The lowest BCUT2D eigenvalue weighted by molar-refractivity contribution is 0.102. The molecule has 21 heavy (non-hydrogen) atoms. The van der Waals surface area contributed by atoms with E-state index in [1.165, 1.54) is 11.8 Å². The first-order valence-corrected chi connectivity index (χ1v) is 8.48. The largest absolute Gasteiger partial charge is 0.358 e. The summed E-state index contributed by atoms with van der Waals surface area (Å²) in [6.45, 7) is 5.90. The average molecular weight is 317 g/mol. The van der Waals surface area contributed by atoms with Crippen LogP contribution in [-0.4, -0.2) is 33.8 Å². The number of carbonyl (C=O) groups is 1. The molecule has 0 saturated carbocycles. The lowest BCUT2D eigenvalue weighted by Crippen LogP contribution is -2.27. The number of thiocarbonyl (C=S) groups is 1. The Balaban J connectivity index is 2.03. The molecule has 110 valence electrons. The van der Waals surface area contributed by atoms with E-state index in [9.17, 15) is 4.79 Å². The second kappa shape index (κ2) is 7.57. The van der Waals surface area contributed by atoms with E-state index < -0.39 is 0 Å². The summed E-state index contributed by atoms with van der Waals surface area (Å²) in [5, 5.41) is 2.25. The van der Waals surface area contributed by atoms with Crippen molar-refractivity contribution in [2.45, 2.75) is 13.8 Å². The van der Waals surface area contributed by atoms with Crippen LogP contribution < -0.4 is 0 Å². The smallest absolute Gasteiger partial charge is 0.173 e. The van der Waals surface area contributed by atoms with Gasteiger partial charge < -0.3 is 4.90 Å². The molecule has 2 nitrogen and oxygen atoms in total. The SMILES string of the molecule is CCN(CC)C(=S)SCC(=O)c1ccc2ccccc2c1. The molecule has 0 spiro atoms. The molecule has 0 aromatic heterocycles. The molecule has 0 amide bonds. The normalized spacial score (nSPS) is 10.6. The summed E-state index contributed by atoms with van der Waals surface area (Å²) in [4.78, 5) is 14.4. The average Bonchev–Trinajstić information content (AvgIpc) is 2.53. The Bertz CT molecular complexity index is 650. The van der Waals surface area contributed by atoms with Crippen LogP contribution in [0.3, 0.4) is 0 Å². The van der Waals surface area contributed by atoms with Crippen molar-refractivity contribution in [1.29, 1.82) is 0 Å². The summed E-state index contributed by atoms with van der Waals surface area (Å²) in [5.74, 6) is 0.522. The molecule has 0 bridgehead atoms. The van der Waals surface area contributed by atoms with Crippen molar-refractivity contribution in [1.82, 2.24) is 4.90 Å². The lowest BCUT2D eigenvalue weighted by atomic mass is 10.1. The zero-order valence-electron chi connectivity index (χ0n) is 12.3. The first-order chi connectivity index (χ1) is 10.2. The number of hydrogen-bond donors (Lipinski definition) is 0. The maximum atomic E-state index is 12.3. The Hall–Kier alpha value is -1.39. The topological polar surface area (TPSA) is 20.3 Å². The van der Waals surface area contributed by atoms with Crippen LogP contribution in [-0.2, 0) is 0 Å². The van der Waals surface area contributed by atoms with Crippen LogP contribution in [0, 0.1) is 0 Å². The molecule has 0 aliphatic heterocycles. The minimum atomic E-state index is 0.125. The third-order valence-electron chi connectivity index (χ3n) is 3.42. The molecule has 0 saturated heterocycles. The van der Waals surface area contributed by atoms with Crippen molar-refractivity contribution < 1.29 is 4.79 Å². The number of benzene rings is 2. The molecule has 0 aliphatic carbocycles. The van der Waals surface area contributed by atoms with Gasteiger partial charge in [-0.05, 0) is 30.7 Å². The second-order valence-electron chi connectivity index (χ2n) is 4.71. The molecule has 0 heterocycles. The van der Waals surface area contributed by atoms with Crippen LogP contribution in [0.25, 0.3) is 10.8 Å². The molecular weight excluding hydrogens is 298 g/mol. The predicted octanol–water partition coefficient (Wildman–Crippen LogP) is 4.38. The van der Waals surface area contributed by atoms with Gasteiger partial charge in [0.25, 0.3) is 0 Å². The van der Waals surface area contributed by atoms with E-state index in [4.69, 9.17) is 12.2 Å². The van der Waals surface area contributed by atoms with E-state index in [0.29, 0.717) is 5.75 Å². The molecule has 0 N–H and O–H groups in total. The monoisotopic (exact) mass is 317 g/mol. The zero-order valence-corrected chi connectivity index (χ0v) is 14.0. The van der Waals surface area contributed by atoms with E-state index in [1.54, 1.807) is 0 Å². The highest BCUT2D eigenvalue weighted by atomic mass is 32.2. The van der Waals surface area contributed by atoms with E-state index in [2.05, 4.69) is 18.7 Å². The lowest BCUT2D eigenvalue weighted by Gasteiger charge is -2.20. The Morgan fingerprint density at radius 3 is 2.43 bits per heavy atom. The third kappa shape index (κ3) is 4.05. The van der Waals surface area contributed by atoms with Gasteiger partial charge >= 0.3 is 0 Å². The van der Waals surface area contributed by atoms with E-state index in [1.807, 2.05) is 42.5 Å². The maximum absolute atomic E-state index is 12.3. The maximum Gasteiger partial charge on any atom is 0.173 e. The fourth-order valence-corrected chi connectivity index (χ4v) is 3.44. The summed E-state index contributed by atoms with van der Waals surface area (Å²) in [5.41, 5.74) is 0.753. The summed E-state index contributed by atoms with van der Waals surface area (Å²) in [7, 11) is 0. The molecule has 0 fully saturated rings. The van der Waals surface area contributed by atoms with Crippen LogP contribution in [0.4, 0.5) is 0 Å². The molecule has 2 aromatic rings. The van der Waals surface area contributed by atoms with Gasteiger partial charge in [0, 0.05) is 18.7 Å². The molecule has 0 aliphatic rings. The summed E-state index contributed by atoms with van der Waals surface area (Å²) in [6, 6.07) is 13.9. The molecule has 2 aromatic carbocycles. The molecule has 0 radical (unpaired) electrons. The number of rotatable bonds is 5. The predicted molar refractivity (Wildman–Crippen MR) is 96.3 cm³/mol. The molecule has 0 unspecified atom stereocenters. The number of nitrogens with zero attached hydrogens (tertiary/aromatic N) is 1. The van der Waals surface area contributed by atoms with E-state index >= 15 is 0 Å². The van der Waals surface area contributed by atoms with Crippen molar-refractivity contribution in [3.05, 3.63) is 48.0 Å². The van der Waals surface area contributed by atoms with Crippen LogP contribution in [0.1, 0.15) is 24.2 Å². The van der Waals surface area contributed by atoms with Gasteiger partial charge in [0.1, 0.15) is 4.32 Å². The fourth-order valence-electron chi connectivity index (χ4n) is 2.15. The summed E-state index contributed by atoms with van der Waals surface area (Å²) in [6.07, 6.45) is 0. The van der Waals surface area contributed by atoms with Gasteiger partial charge in [-0.15, -0.1) is 0 Å². The molecule has 4 heteroatoms. The highest BCUT2D eigenvalue weighted by Gasteiger charge is 2.11. The van der Waals surface area contributed by atoms with Crippen LogP contribution >= 0.6 is 24.0 Å². The molecular formula is C17H19NOS2. The number of hydrogen-bond acceptors (Lipinski definition) is 3. The van der Waals surface area contributed by atoms with Gasteiger partial charge in [0.15, 0.2) is 5.78 Å². The number of ketones is 1. The summed E-state index contributed by atoms with van der Waals surface area (Å²) < 4.78 is 0.800. The van der Waals surface area contributed by atoms with E-state index in [-0.39, 0.29) is 5.78 Å². The number of thioether (sulfide) groups is 1. The Labute approximate surface area is 135 Å². The van der Waals surface area contributed by atoms with Gasteiger partial charge in [-0.1, -0.05) is 60.4 Å². The standard InChI is InChI=1S/C17H19NOS2/c1-3-18(4-2)17(20)21-12-16(19)15-10-9-13-7-5-6-8-14(13)11-15/h5-11H,3-4,12H2,1-2H3. The third-order valence-corrected chi connectivity index (χ3v) is 4.94. The molecule has 2 rings (SSSR count). The van der Waals surface area contributed by atoms with Crippen molar-refractivity contribution in [2.24, 2.45) is 0 Å². The first-order valence-electron chi connectivity index (χ1n) is 7.09. The van der Waals surface area contributed by atoms with Gasteiger partial charge in [-0.25, -0.2) is 0 Å². The van der Waals surface area contributed by atoms with Crippen LogP contribution in [0.15, 0.2) is 42.5 Å². The van der Waals surface area contributed by atoms with E-state index in [0.717, 1.165) is 33.7 Å².